The van der Waals surface area contributed by atoms with E-state index in [-0.39, 0.29) is 0 Å². The predicted octanol–water partition coefficient (Wildman–Crippen LogP) is 4.64. The average Bonchev–Trinajstić information content (AvgIpc) is 2.51. The van der Waals surface area contributed by atoms with Crippen molar-refractivity contribution in [3.63, 3.8) is 0 Å². The van der Waals surface area contributed by atoms with Crippen molar-refractivity contribution in [3.05, 3.63) is 58.1 Å². The van der Waals surface area contributed by atoms with Crippen LogP contribution >= 0.6 is 28.1 Å². The molecule has 116 valence electrons. The van der Waals surface area contributed by atoms with Gasteiger partial charge >= 0.3 is 0 Å². The minimum atomic E-state index is 0.607. The maximum Gasteiger partial charge on any atom is 0.171 e. The van der Waals surface area contributed by atoms with Crippen LogP contribution in [-0.4, -0.2) is 11.7 Å². The first-order chi connectivity index (χ1) is 10.6. The molecule has 2 aromatic carbocycles. The third-order valence-corrected chi connectivity index (χ3v) is 4.24. The molecular formula is C17H19BrN2OS. The van der Waals surface area contributed by atoms with E-state index in [1.54, 1.807) is 0 Å². The van der Waals surface area contributed by atoms with Crippen LogP contribution in [0.5, 0.6) is 5.75 Å². The summed E-state index contributed by atoms with van der Waals surface area (Å²) in [5, 5.41) is 6.99. The lowest BCUT2D eigenvalue weighted by molar-refractivity contribution is 0.340. The Hall–Kier alpha value is -1.59. The van der Waals surface area contributed by atoms with Gasteiger partial charge in [0.1, 0.15) is 5.75 Å². The van der Waals surface area contributed by atoms with Gasteiger partial charge in [0.05, 0.1) is 6.61 Å². The Bertz CT molecular complexity index is 644. The summed E-state index contributed by atoms with van der Waals surface area (Å²) in [6, 6.07) is 14.0. The van der Waals surface area contributed by atoms with E-state index in [1.807, 2.05) is 50.2 Å². The lowest BCUT2D eigenvalue weighted by atomic mass is 10.2. The van der Waals surface area contributed by atoms with E-state index in [9.17, 15) is 0 Å². The second-order valence-corrected chi connectivity index (χ2v) is 6.11. The van der Waals surface area contributed by atoms with E-state index < -0.39 is 0 Å². The highest BCUT2D eigenvalue weighted by atomic mass is 79.9. The zero-order valence-corrected chi connectivity index (χ0v) is 15.1. The van der Waals surface area contributed by atoms with Gasteiger partial charge in [-0.3, -0.25) is 0 Å². The number of thiocarbonyl (C=S) groups is 1. The van der Waals surface area contributed by atoms with Crippen LogP contribution in [0, 0.1) is 6.92 Å². The van der Waals surface area contributed by atoms with Crippen LogP contribution in [0.1, 0.15) is 18.1 Å². The normalized spacial score (nSPS) is 10.1. The summed E-state index contributed by atoms with van der Waals surface area (Å²) in [4.78, 5) is 0. The highest BCUT2D eigenvalue weighted by molar-refractivity contribution is 9.10. The summed E-state index contributed by atoms with van der Waals surface area (Å²) >= 11 is 8.81. The van der Waals surface area contributed by atoms with Crippen LogP contribution < -0.4 is 15.4 Å². The van der Waals surface area contributed by atoms with Gasteiger partial charge in [0.2, 0.25) is 0 Å². The smallest absolute Gasteiger partial charge is 0.171 e. The van der Waals surface area contributed by atoms with E-state index in [4.69, 9.17) is 17.0 Å². The molecule has 0 aliphatic carbocycles. The fourth-order valence-corrected chi connectivity index (χ4v) is 2.39. The third-order valence-electron chi connectivity index (χ3n) is 3.10. The van der Waals surface area contributed by atoms with Gasteiger partial charge in [0.25, 0.3) is 0 Å². The van der Waals surface area contributed by atoms with Crippen molar-refractivity contribution < 1.29 is 4.74 Å². The molecule has 0 saturated carbocycles. The molecule has 5 heteroatoms. The number of hydrogen-bond donors (Lipinski definition) is 2. The fraction of sp³-hybridized carbons (Fsp3) is 0.235. The zero-order chi connectivity index (χ0) is 15.9. The van der Waals surface area contributed by atoms with Gasteiger partial charge in [-0.15, -0.1) is 0 Å². The van der Waals surface area contributed by atoms with Gasteiger partial charge < -0.3 is 15.4 Å². The summed E-state index contributed by atoms with van der Waals surface area (Å²) in [5.74, 6) is 0.886. The second-order valence-electron chi connectivity index (χ2n) is 4.85. The van der Waals surface area contributed by atoms with Crippen LogP contribution in [-0.2, 0) is 6.54 Å². The SMILES string of the molecule is CCOc1ccc(CNC(=S)Nc2ccc(Br)c(C)c2)cc1. The van der Waals surface area contributed by atoms with Gasteiger partial charge in [-0.25, -0.2) is 0 Å². The maximum absolute atomic E-state index is 5.42. The molecule has 3 nitrogen and oxygen atoms in total. The topological polar surface area (TPSA) is 33.3 Å². The van der Waals surface area contributed by atoms with Crippen LogP contribution in [0.25, 0.3) is 0 Å². The van der Waals surface area contributed by atoms with Crippen molar-refractivity contribution in [2.24, 2.45) is 0 Å². The summed E-state index contributed by atoms with van der Waals surface area (Å²) in [6.07, 6.45) is 0. The molecule has 0 unspecified atom stereocenters. The first-order valence-electron chi connectivity index (χ1n) is 7.11. The molecule has 0 radical (unpaired) electrons. The Labute approximate surface area is 145 Å². The van der Waals surface area contributed by atoms with Crippen LogP contribution in [0.2, 0.25) is 0 Å². The number of halogens is 1. The number of benzene rings is 2. The molecule has 0 fully saturated rings. The monoisotopic (exact) mass is 378 g/mol. The van der Waals surface area contributed by atoms with Gasteiger partial charge in [-0.2, -0.15) is 0 Å². The highest BCUT2D eigenvalue weighted by Gasteiger charge is 2.01. The quantitative estimate of drug-likeness (QED) is 0.742. The summed E-state index contributed by atoms with van der Waals surface area (Å²) < 4.78 is 6.51. The lowest BCUT2D eigenvalue weighted by Gasteiger charge is -2.12. The Morgan fingerprint density at radius 2 is 1.91 bits per heavy atom. The molecule has 2 rings (SSSR count). The number of aryl methyl sites for hydroxylation is 1. The van der Waals surface area contributed by atoms with Crippen LogP contribution in [0.4, 0.5) is 5.69 Å². The van der Waals surface area contributed by atoms with Crippen molar-refractivity contribution >= 4 is 38.9 Å². The molecule has 22 heavy (non-hydrogen) atoms. The number of rotatable bonds is 5. The van der Waals surface area contributed by atoms with Crippen LogP contribution in [0.15, 0.2) is 46.9 Å². The molecule has 0 bridgehead atoms. The van der Waals surface area contributed by atoms with Gasteiger partial charge in [-0.1, -0.05) is 28.1 Å². The van der Waals surface area contributed by atoms with Crippen molar-refractivity contribution in [3.8, 4) is 5.75 Å². The maximum atomic E-state index is 5.42. The van der Waals surface area contributed by atoms with Crippen LogP contribution in [0.3, 0.4) is 0 Å². The zero-order valence-electron chi connectivity index (χ0n) is 12.7. The molecule has 2 N–H and O–H groups in total. The molecule has 0 amide bonds. The summed E-state index contributed by atoms with van der Waals surface area (Å²) in [5.41, 5.74) is 3.30. The number of anilines is 1. The third kappa shape index (κ3) is 5.00. The molecular weight excluding hydrogens is 360 g/mol. The number of hydrogen-bond acceptors (Lipinski definition) is 2. The van der Waals surface area contributed by atoms with E-state index in [0.29, 0.717) is 18.3 Å². The Morgan fingerprint density at radius 1 is 1.18 bits per heavy atom. The minimum Gasteiger partial charge on any atom is -0.494 e. The largest absolute Gasteiger partial charge is 0.494 e. The molecule has 0 aromatic heterocycles. The van der Waals surface area contributed by atoms with E-state index in [2.05, 4.69) is 32.6 Å². The molecule has 0 saturated heterocycles. The Balaban J connectivity index is 1.85. The van der Waals surface area contributed by atoms with Crippen molar-refractivity contribution in [1.82, 2.24) is 5.32 Å². The summed E-state index contributed by atoms with van der Waals surface area (Å²) in [7, 11) is 0. The van der Waals surface area contributed by atoms with Crippen molar-refractivity contribution in [1.29, 1.82) is 0 Å². The van der Waals surface area contributed by atoms with Crippen molar-refractivity contribution in [2.75, 3.05) is 11.9 Å². The molecule has 0 aliphatic rings. The highest BCUT2D eigenvalue weighted by Crippen LogP contribution is 2.20. The fourth-order valence-electron chi connectivity index (χ4n) is 1.95. The molecule has 0 atom stereocenters. The molecule has 0 spiro atoms. The van der Waals surface area contributed by atoms with Gasteiger partial charge in [-0.05, 0) is 67.5 Å². The lowest BCUT2D eigenvalue weighted by Crippen LogP contribution is -2.27. The van der Waals surface area contributed by atoms with Crippen molar-refractivity contribution in [2.45, 2.75) is 20.4 Å². The molecule has 0 heterocycles. The minimum absolute atomic E-state index is 0.607. The Morgan fingerprint density at radius 3 is 2.55 bits per heavy atom. The van der Waals surface area contributed by atoms with E-state index in [0.717, 1.165) is 21.5 Å². The van der Waals surface area contributed by atoms with E-state index in [1.165, 1.54) is 5.56 Å². The van der Waals surface area contributed by atoms with Gasteiger partial charge in [0.15, 0.2) is 5.11 Å². The second kappa shape index (κ2) is 8.15. The Kier molecular flexibility index (Phi) is 6.21. The first-order valence-corrected chi connectivity index (χ1v) is 8.31. The molecule has 0 aliphatic heterocycles. The van der Waals surface area contributed by atoms with Gasteiger partial charge in [0, 0.05) is 16.7 Å². The van der Waals surface area contributed by atoms with E-state index >= 15 is 0 Å². The number of ether oxygens (including phenoxy) is 1. The molecule has 2 aromatic rings. The standard InChI is InChI=1S/C17H19BrN2OS/c1-3-21-15-7-4-13(5-8-15)11-19-17(22)20-14-6-9-16(18)12(2)10-14/h4-10H,3,11H2,1-2H3,(H2,19,20,22). The first kappa shape index (κ1) is 16.8. The average molecular weight is 379 g/mol. The summed E-state index contributed by atoms with van der Waals surface area (Å²) in [6.45, 7) is 5.38. The predicted molar refractivity (Wildman–Crippen MR) is 99.6 cm³/mol. The number of nitrogens with one attached hydrogen (secondary N) is 2.